The Labute approximate surface area is 150 Å². The van der Waals surface area contributed by atoms with E-state index in [9.17, 15) is 0 Å². The van der Waals surface area contributed by atoms with Gasteiger partial charge in [-0.05, 0) is 66.8 Å². The molecule has 0 spiro atoms. The molecule has 0 fully saturated rings. The minimum atomic E-state index is 0.409. The van der Waals surface area contributed by atoms with E-state index in [2.05, 4.69) is 49.2 Å². The Bertz CT molecular complexity index is 862. The van der Waals surface area contributed by atoms with Gasteiger partial charge in [-0.15, -0.1) is 12.8 Å². The standard InChI is InChI=1S/C23H23NO/c1-6-13-24-23(7-2)19(5)21-10-8-9-20(15-21)16-25-22-12-11-17(3)18(4)14-22/h1-2,8-12,14-15,24H,13,16H2,3-5H3/b23-19+. The van der Waals surface area contributed by atoms with Crippen molar-refractivity contribution in [3.8, 4) is 30.4 Å². The van der Waals surface area contributed by atoms with Crippen molar-refractivity contribution in [3.05, 3.63) is 70.4 Å². The van der Waals surface area contributed by atoms with Gasteiger partial charge in [-0.1, -0.05) is 36.1 Å². The van der Waals surface area contributed by atoms with E-state index in [1.54, 1.807) is 0 Å². The van der Waals surface area contributed by atoms with Gasteiger partial charge in [-0.2, -0.15) is 0 Å². The molecule has 2 nitrogen and oxygen atoms in total. The predicted molar refractivity (Wildman–Crippen MR) is 105 cm³/mol. The predicted octanol–water partition coefficient (Wildman–Crippen LogP) is 4.47. The van der Waals surface area contributed by atoms with E-state index in [1.807, 2.05) is 31.2 Å². The maximum atomic E-state index is 5.92. The van der Waals surface area contributed by atoms with Crippen molar-refractivity contribution in [2.75, 3.05) is 6.54 Å². The molecule has 126 valence electrons. The van der Waals surface area contributed by atoms with Crippen molar-refractivity contribution in [1.29, 1.82) is 0 Å². The number of benzene rings is 2. The van der Waals surface area contributed by atoms with Gasteiger partial charge in [0.25, 0.3) is 0 Å². The Hall–Kier alpha value is -3.10. The lowest BCUT2D eigenvalue weighted by atomic mass is 10.0. The van der Waals surface area contributed by atoms with E-state index in [-0.39, 0.29) is 0 Å². The van der Waals surface area contributed by atoms with Crippen LogP contribution in [0.1, 0.15) is 29.2 Å². The molecule has 1 N–H and O–H groups in total. The molecule has 25 heavy (non-hydrogen) atoms. The number of ether oxygens (including phenoxy) is 1. The zero-order valence-electron chi connectivity index (χ0n) is 15.0. The van der Waals surface area contributed by atoms with Gasteiger partial charge < -0.3 is 10.1 Å². The van der Waals surface area contributed by atoms with Crippen molar-refractivity contribution in [3.63, 3.8) is 0 Å². The van der Waals surface area contributed by atoms with Crippen LogP contribution in [-0.2, 0) is 6.61 Å². The number of allylic oxidation sites excluding steroid dienone is 2. The number of hydrogen-bond donors (Lipinski definition) is 1. The molecule has 0 saturated heterocycles. The Kier molecular flexibility index (Phi) is 6.33. The number of terminal acetylenes is 2. The molecule has 0 radical (unpaired) electrons. The summed E-state index contributed by atoms with van der Waals surface area (Å²) in [6.45, 7) is 7.08. The average Bonchev–Trinajstić information content (AvgIpc) is 2.63. The summed E-state index contributed by atoms with van der Waals surface area (Å²) in [5.41, 5.74) is 6.33. The van der Waals surface area contributed by atoms with E-state index in [4.69, 9.17) is 17.6 Å². The molecule has 2 aromatic rings. The summed E-state index contributed by atoms with van der Waals surface area (Å²) < 4.78 is 5.92. The zero-order chi connectivity index (χ0) is 18.2. The smallest absolute Gasteiger partial charge is 0.120 e. The van der Waals surface area contributed by atoms with E-state index in [0.717, 1.165) is 22.4 Å². The number of rotatable bonds is 6. The fourth-order valence-corrected chi connectivity index (χ4v) is 2.44. The van der Waals surface area contributed by atoms with Crippen LogP contribution in [0, 0.1) is 38.5 Å². The van der Waals surface area contributed by atoms with Crippen LogP contribution >= 0.6 is 0 Å². The van der Waals surface area contributed by atoms with Gasteiger partial charge in [0, 0.05) is 0 Å². The Morgan fingerprint density at radius 1 is 1.08 bits per heavy atom. The first-order valence-corrected chi connectivity index (χ1v) is 8.19. The SMILES string of the molecule is C#CCN/C(C#C)=C(\C)c1cccc(COc2ccc(C)c(C)c2)c1. The normalized spacial score (nSPS) is 11.1. The Balaban J connectivity index is 2.15. The van der Waals surface area contributed by atoms with Gasteiger partial charge >= 0.3 is 0 Å². The third-order valence-corrected chi connectivity index (χ3v) is 4.13. The first-order chi connectivity index (χ1) is 12.0. The fourth-order valence-electron chi connectivity index (χ4n) is 2.44. The molecule has 2 rings (SSSR count). The molecular weight excluding hydrogens is 306 g/mol. The first kappa shape index (κ1) is 18.2. The summed E-state index contributed by atoms with van der Waals surface area (Å²) in [5, 5.41) is 3.08. The minimum absolute atomic E-state index is 0.409. The molecule has 0 aliphatic carbocycles. The molecule has 0 heterocycles. The Morgan fingerprint density at radius 2 is 1.88 bits per heavy atom. The van der Waals surface area contributed by atoms with Crippen molar-refractivity contribution in [2.45, 2.75) is 27.4 Å². The van der Waals surface area contributed by atoms with Crippen molar-refractivity contribution < 1.29 is 4.74 Å². The number of nitrogens with one attached hydrogen (secondary N) is 1. The summed E-state index contributed by atoms with van der Waals surface area (Å²) in [6, 6.07) is 14.3. The van der Waals surface area contributed by atoms with Crippen LogP contribution in [0.4, 0.5) is 0 Å². The quantitative estimate of drug-likeness (QED) is 0.790. The van der Waals surface area contributed by atoms with Crippen LogP contribution in [0.5, 0.6) is 5.75 Å². The zero-order valence-corrected chi connectivity index (χ0v) is 15.0. The van der Waals surface area contributed by atoms with E-state index >= 15 is 0 Å². The lowest BCUT2D eigenvalue weighted by molar-refractivity contribution is 0.306. The van der Waals surface area contributed by atoms with Gasteiger partial charge in [0.1, 0.15) is 12.4 Å². The third-order valence-electron chi connectivity index (χ3n) is 4.13. The lowest BCUT2D eigenvalue weighted by Crippen LogP contribution is -2.13. The highest BCUT2D eigenvalue weighted by atomic mass is 16.5. The van der Waals surface area contributed by atoms with Gasteiger partial charge in [-0.3, -0.25) is 0 Å². The third kappa shape index (κ3) is 4.93. The van der Waals surface area contributed by atoms with Crippen LogP contribution in [-0.4, -0.2) is 6.54 Å². The van der Waals surface area contributed by atoms with Crippen LogP contribution in [0.2, 0.25) is 0 Å². The molecule has 0 unspecified atom stereocenters. The fraction of sp³-hybridized carbons (Fsp3) is 0.217. The average molecular weight is 329 g/mol. The molecule has 2 heteroatoms. The second-order valence-corrected chi connectivity index (χ2v) is 5.94. The van der Waals surface area contributed by atoms with Gasteiger partial charge in [0.05, 0.1) is 12.2 Å². The molecule has 0 aromatic heterocycles. The molecule has 0 amide bonds. The Morgan fingerprint density at radius 3 is 2.56 bits per heavy atom. The summed E-state index contributed by atoms with van der Waals surface area (Å²) in [4.78, 5) is 0. The maximum absolute atomic E-state index is 5.92. The second-order valence-electron chi connectivity index (χ2n) is 5.94. The van der Waals surface area contributed by atoms with Gasteiger partial charge in [-0.25, -0.2) is 0 Å². The molecular formula is C23H23NO. The van der Waals surface area contributed by atoms with Crippen molar-refractivity contribution >= 4 is 5.57 Å². The highest BCUT2D eigenvalue weighted by Gasteiger charge is 2.05. The topological polar surface area (TPSA) is 21.3 Å². The molecule has 0 aliphatic rings. The van der Waals surface area contributed by atoms with Crippen LogP contribution < -0.4 is 10.1 Å². The van der Waals surface area contributed by atoms with Crippen LogP contribution in [0.25, 0.3) is 5.57 Å². The maximum Gasteiger partial charge on any atom is 0.120 e. The van der Waals surface area contributed by atoms with Crippen molar-refractivity contribution in [1.82, 2.24) is 5.32 Å². The summed E-state index contributed by atoms with van der Waals surface area (Å²) in [7, 11) is 0. The van der Waals surface area contributed by atoms with E-state index in [1.165, 1.54) is 11.1 Å². The summed E-state index contributed by atoms with van der Waals surface area (Å²) in [6.07, 6.45) is 10.9. The van der Waals surface area contributed by atoms with E-state index in [0.29, 0.717) is 18.8 Å². The second kappa shape index (κ2) is 8.67. The highest BCUT2D eigenvalue weighted by Crippen LogP contribution is 2.21. The highest BCUT2D eigenvalue weighted by molar-refractivity contribution is 5.70. The van der Waals surface area contributed by atoms with E-state index < -0.39 is 0 Å². The molecule has 0 aliphatic heterocycles. The summed E-state index contributed by atoms with van der Waals surface area (Å²) in [5.74, 6) is 6.08. The number of aryl methyl sites for hydroxylation is 2. The van der Waals surface area contributed by atoms with Crippen molar-refractivity contribution in [2.24, 2.45) is 0 Å². The summed E-state index contributed by atoms with van der Waals surface area (Å²) >= 11 is 0. The molecule has 0 atom stereocenters. The van der Waals surface area contributed by atoms with Gasteiger partial charge in [0.15, 0.2) is 0 Å². The monoisotopic (exact) mass is 329 g/mol. The molecule has 0 saturated carbocycles. The largest absolute Gasteiger partial charge is 0.489 e. The molecule has 0 bridgehead atoms. The van der Waals surface area contributed by atoms with Crippen LogP contribution in [0.3, 0.4) is 0 Å². The first-order valence-electron chi connectivity index (χ1n) is 8.19. The number of hydrogen-bond acceptors (Lipinski definition) is 2. The minimum Gasteiger partial charge on any atom is -0.489 e. The van der Waals surface area contributed by atoms with Gasteiger partial charge in [0.2, 0.25) is 0 Å². The lowest BCUT2D eigenvalue weighted by Gasteiger charge is -2.11. The van der Waals surface area contributed by atoms with Crippen LogP contribution in [0.15, 0.2) is 48.2 Å². The molecule has 2 aromatic carbocycles.